The lowest BCUT2D eigenvalue weighted by atomic mass is 10.2. The van der Waals surface area contributed by atoms with Crippen LogP contribution in [0.25, 0.3) is 11.2 Å². The van der Waals surface area contributed by atoms with E-state index in [9.17, 15) is 28.8 Å². The van der Waals surface area contributed by atoms with E-state index in [1.165, 1.54) is 0 Å². The quantitative estimate of drug-likeness (QED) is 0.138. The Balaban J connectivity index is 1.97. The molecular weight excluding hydrogens is 507 g/mol. The molecule has 0 spiro atoms. The van der Waals surface area contributed by atoms with Crippen LogP contribution in [0.1, 0.15) is 6.42 Å². The van der Waals surface area contributed by atoms with Gasteiger partial charge in [0.15, 0.2) is 11.3 Å². The third-order valence-electron chi connectivity index (χ3n) is 3.60. The molecule has 2 aromatic heterocycles. The lowest BCUT2D eigenvalue weighted by molar-refractivity contribution is -0.315. The summed E-state index contributed by atoms with van der Waals surface area (Å²) in [5, 5.41) is 29.2. The first-order chi connectivity index (χ1) is 14.6. The van der Waals surface area contributed by atoms with Crippen LogP contribution in [0.2, 0.25) is 0 Å². The maximum atomic E-state index is 13.1. The van der Waals surface area contributed by atoms with E-state index in [0.29, 0.717) is 4.73 Å². The van der Waals surface area contributed by atoms with Crippen LogP contribution in [0.15, 0.2) is 12.7 Å². The molecule has 0 aliphatic carbocycles. The van der Waals surface area contributed by atoms with Crippen molar-refractivity contribution in [1.29, 1.82) is 0 Å². The number of rotatable bonds is 9. The fourth-order valence-electron chi connectivity index (χ4n) is 2.48. The lowest BCUT2D eigenvalue weighted by Crippen LogP contribution is -2.33. The van der Waals surface area contributed by atoms with E-state index in [1.807, 2.05) is 0 Å². The van der Waals surface area contributed by atoms with Crippen molar-refractivity contribution in [3.8, 4) is 0 Å². The van der Waals surface area contributed by atoms with E-state index < -0.39 is 54.7 Å². The minimum Gasteiger partial charge on any atom is -0.394 e. The molecule has 32 heavy (non-hydrogen) atoms. The highest BCUT2D eigenvalue weighted by Crippen LogP contribution is 2.68. The van der Waals surface area contributed by atoms with Crippen LogP contribution in [-0.2, 0) is 31.6 Å². The van der Waals surface area contributed by atoms with Crippen LogP contribution in [0.3, 0.4) is 0 Å². The first-order valence-corrected chi connectivity index (χ1v) is 12.6. The average Bonchev–Trinajstić information content (AvgIpc) is 3.12. The third-order valence-corrected chi connectivity index (χ3v) is 7.79. The molecule has 5 atom stereocenters. The van der Waals surface area contributed by atoms with Gasteiger partial charge in [-0.1, -0.05) is 0 Å². The number of imidazole rings is 1. The van der Waals surface area contributed by atoms with Gasteiger partial charge in [-0.25, -0.2) is 33.2 Å². The van der Waals surface area contributed by atoms with E-state index >= 15 is 0 Å². The molecule has 0 saturated carbocycles. The number of nitrogens with zero attached hydrogens (tertiary/aromatic N) is 4. The molecule has 0 bridgehead atoms. The monoisotopic (exact) mass is 523 g/mol. The summed E-state index contributed by atoms with van der Waals surface area (Å²) in [6, 6.07) is 0. The van der Waals surface area contributed by atoms with Gasteiger partial charge in [0, 0.05) is 0 Å². The number of nitrogen functional groups attached to an aromatic ring is 1. The van der Waals surface area contributed by atoms with Crippen LogP contribution in [-0.4, -0.2) is 74.5 Å². The standard InChI is InChI=1S/C10H16N5O14P3/c11-8-7-9(13-3-12-8)15(4-14-7)27-32(24,29-31(22,23)28-30(19,20)21)26-10(18)1-5(17)6(2-16)25-10/h3-6,16-18H,1-2H2,(H,22,23)(H2,11,12,13)(H2,19,20,21)/t5-,6+,10-,32?/m0/s1. The minimum absolute atomic E-state index is 0.0932. The van der Waals surface area contributed by atoms with Crippen molar-refractivity contribution in [3.63, 3.8) is 0 Å². The molecule has 1 aliphatic rings. The predicted octanol–water partition coefficient (Wildman–Crippen LogP) is -2.02. The van der Waals surface area contributed by atoms with Gasteiger partial charge in [-0.05, 0) is 0 Å². The molecule has 1 fully saturated rings. The van der Waals surface area contributed by atoms with Crippen molar-refractivity contribution in [3.05, 3.63) is 12.7 Å². The normalized spacial score (nSPS) is 27.8. The van der Waals surface area contributed by atoms with Crippen molar-refractivity contribution in [2.75, 3.05) is 12.3 Å². The molecule has 1 aliphatic heterocycles. The van der Waals surface area contributed by atoms with Gasteiger partial charge in [-0.15, -0.1) is 4.73 Å². The number of anilines is 1. The molecule has 1 saturated heterocycles. The van der Waals surface area contributed by atoms with E-state index in [-0.39, 0.29) is 17.0 Å². The van der Waals surface area contributed by atoms with Gasteiger partial charge in [0.25, 0.3) is 5.97 Å². The smallest absolute Gasteiger partial charge is 0.394 e. The molecule has 3 rings (SSSR count). The summed E-state index contributed by atoms with van der Waals surface area (Å²) in [5.41, 5.74) is 5.22. The van der Waals surface area contributed by atoms with Gasteiger partial charge in [-0.3, -0.25) is 0 Å². The zero-order valence-electron chi connectivity index (χ0n) is 15.4. The first-order valence-electron chi connectivity index (χ1n) is 8.09. The van der Waals surface area contributed by atoms with Gasteiger partial charge in [-0.2, -0.15) is 8.62 Å². The van der Waals surface area contributed by atoms with Crippen LogP contribution in [0, 0.1) is 0 Å². The fourth-order valence-corrected chi connectivity index (χ4v) is 6.04. The van der Waals surface area contributed by atoms with Crippen LogP contribution in [0.5, 0.6) is 0 Å². The Labute approximate surface area is 176 Å². The number of aliphatic hydroxyl groups is 3. The Morgan fingerprint density at radius 1 is 1.22 bits per heavy atom. The molecule has 2 unspecified atom stereocenters. The van der Waals surface area contributed by atoms with Crippen molar-refractivity contribution in [2.24, 2.45) is 0 Å². The lowest BCUT2D eigenvalue weighted by Gasteiger charge is -2.27. The summed E-state index contributed by atoms with van der Waals surface area (Å²) in [4.78, 5) is 38.2. The largest absolute Gasteiger partial charge is 0.562 e. The van der Waals surface area contributed by atoms with Gasteiger partial charge in [0.05, 0.1) is 19.1 Å². The number of aliphatic hydroxyl groups excluding tert-OH is 2. The molecule has 19 nitrogen and oxygen atoms in total. The summed E-state index contributed by atoms with van der Waals surface area (Å²) in [6.07, 6.45) is -2.11. The highest BCUT2D eigenvalue weighted by molar-refractivity contribution is 7.66. The van der Waals surface area contributed by atoms with Gasteiger partial charge in [0.2, 0.25) is 5.65 Å². The summed E-state index contributed by atoms with van der Waals surface area (Å²) in [6.45, 7) is -0.818. The summed E-state index contributed by atoms with van der Waals surface area (Å²) < 4.78 is 58.5. The summed E-state index contributed by atoms with van der Waals surface area (Å²) in [5.74, 6) is -3.17. The Hall–Kier alpha value is -1.56. The maximum Gasteiger partial charge on any atom is 0.562 e. The molecule has 3 heterocycles. The maximum absolute atomic E-state index is 13.1. The second-order valence-electron chi connectivity index (χ2n) is 6.07. The minimum atomic E-state index is -5.89. The predicted molar refractivity (Wildman–Crippen MR) is 96.6 cm³/mol. The number of fused-ring (bicyclic) bond motifs is 1. The Kier molecular flexibility index (Phi) is 6.78. The third kappa shape index (κ3) is 5.86. The molecule has 180 valence electrons. The Morgan fingerprint density at radius 3 is 2.50 bits per heavy atom. The average molecular weight is 523 g/mol. The van der Waals surface area contributed by atoms with Crippen molar-refractivity contribution in [2.45, 2.75) is 24.6 Å². The van der Waals surface area contributed by atoms with E-state index in [1.54, 1.807) is 0 Å². The molecule has 22 heteroatoms. The molecule has 0 amide bonds. The zero-order valence-corrected chi connectivity index (χ0v) is 18.1. The molecule has 8 N–H and O–H groups in total. The number of phosphoric acid groups is 3. The second-order valence-corrected chi connectivity index (χ2v) is 10.5. The molecule has 2 aromatic rings. The number of aromatic nitrogens is 4. The molecule has 0 radical (unpaired) electrons. The van der Waals surface area contributed by atoms with E-state index in [4.69, 9.17) is 30.0 Å². The number of nitrogens with two attached hydrogens (primary N) is 1. The van der Waals surface area contributed by atoms with Crippen molar-refractivity contribution in [1.82, 2.24) is 19.7 Å². The zero-order chi connectivity index (χ0) is 23.9. The number of ether oxygens (including phenoxy) is 1. The number of hydrogen-bond donors (Lipinski definition) is 7. The Morgan fingerprint density at radius 2 is 1.91 bits per heavy atom. The second kappa shape index (κ2) is 8.66. The van der Waals surface area contributed by atoms with E-state index in [2.05, 4.69) is 28.1 Å². The molecular formula is C10H16N5O14P3. The van der Waals surface area contributed by atoms with Crippen molar-refractivity contribution < 1.29 is 66.2 Å². The highest BCUT2D eigenvalue weighted by atomic mass is 31.3. The van der Waals surface area contributed by atoms with Crippen LogP contribution < -0.4 is 10.4 Å². The Bertz CT molecular complexity index is 1140. The topological polar surface area (TPSA) is 288 Å². The van der Waals surface area contributed by atoms with E-state index in [0.717, 1.165) is 12.7 Å². The van der Waals surface area contributed by atoms with Crippen LogP contribution >= 0.6 is 23.5 Å². The van der Waals surface area contributed by atoms with Crippen molar-refractivity contribution >= 4 is 40.4 Å². The first kappa shape index (κ1) is 25.1. The van der Waals surface area contributed by atoms with Crippen LogP contribution in [0.4, 0.5) is 5.82 Å². The molecule has 0 aromatic carbocycles. The SMILES string of the molecule is Nc1ncnc2c1ncn2OP(=O)(O[C@]1(O)C[C@H](O)[C@@H](CO)O1)OP(=O)(O)OP(=O)(O)O. The van der Waals surface area contributed by atoms with Gasteiger partial charge in [0.1, 0.15) is 18.8 Å². The van der Waals surface area contributed by atoms with Gasteiger partial charge < -0.3 is 45.1 Å². The highest BCUT2D eigenvalue weighted by Gasteiger charge is 2.55. The summed E-state index contributed by atoms with van der Waals surface area (Å²) >= 11 is 0. The van der Waals surface area contributed by atoms with Gasteiger partial charge >= 0.3 is 23.5 Å². The summed E-state index contributed by atoms with van der Waals surface area (Å²) in [7, 11) is -17.2. The number of hydrogen-bond acceptors (Lipinski definition) is 15. The fraction of sp³-hybridized carbons (Fsp3) is 0.500.